The molecule has 0 spiro atoms. The van der Waals surface area contributed by atoms with E-state index in [4.69, 9.17) is 0 Å². The molecule has 0 aromatic heterocycles. The van der Waals surface area contributed by atoms with Crippen molar-refractivity contribution in [1.82, 2.24) is 10.2 Å². The minimum absolute atomic E-state index is 0.0100. The molecule has 226 valence electrons. The Labute approximate surface area is 245 Å². The summed E-state index contributed by atoms with van der Waals surface area (Å²) in [4.78, 5) is 28.0. The Morgan fingerprint density at radius 3 is 2.21 bits per heavy atom. The predicted octanol–water partition coefficient (Wildman–Crippen LogP) is 5.85. The molecule has 0 aliphatic heterocycles. The molecule has 0 aliphatic rings. The second kappa shape index (κ2) is 13.9. The molecule has 0 radical (unpaired) electrons. The van der Waals surface area contributed by atoms with Crippen molar-refractivity contribution in [2.75, 3.05) is 17.4 Å². The van der Waals surface area contributed by atoms with Crippen LogP contribution < -0.4 is 9.62 Å². The van der Waals surface area contributed by atoms with Crippen LogP contribution in [0.25, 0.3) is 0 Å². The highest BCUT2D eigenvalue weighted by atomic mass is 32.2. The fraction of sp³-hybridized carbons (Fsp3) is 0.355. The Kier molecular flexibility index (Phi) is 10.8. The monoisotopic (exact) mass is 603 g/mol. The van der Waals surface area contributed by atoms with Gasteiger partial charge < -0.3 is 10.2 Å². The van der Waals surface area contributed by atoms with Crippen molar-refractivity contribution < 1.29 is 31.2 Å². The van der Waals surface area contributed by atoms with Crippen LogP contribution in [0.15, 0.2) is 77.7 Å². The third-order valence-corrected chi connectivity index (χ3v) is 8.57. The predicted molar refractivity (Wildman–Crippen MR) is 156 cm³/mol. The molecule has 3 aromatic rings. The van der Waals surface area contributed by atoms with E-state index in [1.807, 2.05) is 26.0 Å². The average Bonchev–Trinajstić information content (AvgIpc) is 2.94. The van der Waals surface area contributed by atoms with Gasteiger partial charge in [-0.25, -0.2) is 8.42 Å². The minimum atomic E-state index is -4.73. The van der Waals surface area contributed by atoms with E-state index < -0.39 is 46.2 Å². The molecule has 3 aromatic carbocycles. The number of benzene rings is 3. The second-order valence-electron chi connectivity index (χ2n) is 10.2. The number of carbonyl (C=O) groups excluding carboxylic acids is 2. The van der Waals surface area contributed by atoms with E-state index in [1.54, 1.807) is 31.2 Å². The molecular formula is C31H36F3N3O4S. The fourth-order valence-electron chi connectivity index (χ4n) is 4.33. The van der Waals surface area contributed by atoms with Crippen molar-refractivity contribution >= 4 is 27.5 Å². The fourth-order valence-corrected chi connectivity index (χ4v) is 5.74. The van der Waals surface area contributed by atoms with Crippen LogP contribution in [-0.4, -0.2) is 44.3 Å². The minimum Gasteiger partial charge on any atom is -0.354 e. The topological polar surface area (TPSA) is 86.8 Å². The normalized spacial score (nSPS) is 12.5. The van der Waals surface area contributed by atoms with Gasteiger partial charge in [0.2, 0.25) is 11.8 Å². The maximum absolute atomic E-state index is 13.9. The summed E-state index contributed by atoms with van der Waals surface area (Å²) in [6, 6.07) is 15.9. The number of anilines is 1. The van der Waals surface area contributed by atoms with Crippen molar-refractivity contribution in [1.29, 1.82) is 0 Å². The van der Waals surface area contributed by atoms with Crippen molar-refractivity contribution in [2.45, 2.75) is 64.2 Å². The quantitative estimate of drug-likeness (QED) is 0.263. The molecule has 7 nitrogen and oxygen atoms in total. The first kappa shape index (κ1) is 32.7. The van der Waals surface area contributed by atoms with Gasteiger partial charge >= 0.3 is 6.18 Å². The third kappa shape index (κ3) is 8.34. The number of hydrogen-bond acceptors (Lipinski definition) is 4. The Morgan fingerprint density at radius 2 is 1.60 bits per heavy atom. The molecule has 0 saturated heterocycles. The highest BCUT2D eigenvalue weighted by molar-refractivity contribution is 7.92. The number of alkyl halides is 3. The number of aryl methyl sites for hydroxylation is 2. The van der Waals surface area contributed by atoms with Crippen molar-refractivity contribution in [3.63, 3.8) is 0 Å². The number of amides is 2. The summed E-state index contributed by atoms with van der Waals surface area (Å²) >= 11 is 0. The van der Waals surface area contributed by atoms with E-state index >= 15 is 0 Å². The summed E-state index contributed by atoms with van der Waals surface area (Å²) in [5.74, 6) is -1.17. The summed E-state index contributed by atoms with van der Waals surface area (Å²) in [6.07, 6.45) is -3.15. The maximum Gasteiger partial charge on any atom is 0.416 e. The van der Waals surface area contributed by atoms with Gasteiger partial charge in [-0.1, -0.05) is 66.9 Å². The largest absolute Gasteiger partial charge is 0.416 e. The third-order valence-electron chi connectivity index (χ3n) is 6.78. The van der Waals surface area contributed by atoms with E-state index in [0.717, 1.165) is 36.1 Å². The smallest absolute Gasteiger partial charge is 0.354 e. The van der Waals surface area contributed by atoms with Crippen molar-refractivity contribution in [3.8, 4) is 0 Å². The SMILES string of the molecule is CCCCNC(=O)C(C)N(Cc1cccc(C)c1)C(=O)CN(c1cccc(C(F)(F)F)c1)S(=O)(=O)c1ccc(C)cc1. The molecule has 0 aliphatic carbocycles. The van der Waals surface area contributed by atoms with Gasteiger partial charge in [0.1, 0.15) is 12.6 Å². The molecule has 1 N–H and O–H groups in total. The van der Waals surface area contributed by atoms with Gasteiger partial charge in [-0.3, -0.25) is 13.9 Å². The first-order valence-corrected chi connectivity index (χ1v) is 15.1. The molecule has 1 unspecified atom stereocenters. The molecule has 1 atom stereocenters. The summed E-state index contributed by atoms with van der Waals surface area (Å²) in [6.45, 7) is 6.73. The van der Waals surface area contributed by atoms with Crippen LogP contribution in [0.3, 0.4) is 0 Å². The zero-order valence-corrected chi connectivity index (χ0v) is 24.9. The summed E-state index contributed by atoms with van der Waals surface area (Å²) in [5.41, 5.74) is 1.03. The number of nitrogens with one attached hydrogen (secondary N) is 1. The lowest BCUT2D eigenvalue weighted by Gasteiger charge is -2.32. The van der Waals surface area contributed by atoms with E-state index in [-0.39, 0.29) is 17.1 Å². The van der Waals surface area contributed by atoms with E-state index in [2.05, 4.69) is 5.32 Å². The van der Waals surface area contributed by atoms with Gasteiger partial charge in [-0.05, 0) is 63.1 Å². The number of hydrogen-bond donors (Lipinski definition) is 1. The maximum atomic E-state index is 13.9. The molecular weight excluding hydrogens is 567 g/mol. The van der Waals surface area contributed by atoms with Gasteiger partial charge in [0.25, 0.3) is 10.0 Å². The van der Waals surface area contributed by atoms with Crippen LogP contribution in [0.4, 0.5) is 18.9 Å². The molecule has 42 heavy (non-hydrogen) atoms. The highest BCUT2D eigenvalue weighted by Crippen LogP contribution is 2.33. The molecule has 0 heterocycles. The van der Waals surface area contributed by atoms with Gasteiger partial charge in [0.05, 0.1) is 16.1 Å². The number of carbonyl (C=O) groups is 2. The average molecular weight is 604 g/mol. The van der Waals surface area contributed by atoms with Crippen molar-refractivity contribution in [3.05, 3.63) is 95.1 Å². The van der Waals surface area contributed by atoms with E-state index in [0.29, 0.717) is 22.5 Å². The number of sulfonamides is 1. The lowest BCUT2D eigenvalue weighted by atomic mass is 10.1. The Morgan fingerprint density at radius 1 is 0.929 bits per heavy atom. The standard InChI is InChI=1S/C31H36F3N3O4S/c1-5-6-17-35-30(39)24(4)36(20-25-10-7-9-23(3)18-25)29(38)21-37(27-12-8-11-26(19-27)31(32,33)34)42(40,41)28-15-13-22(2)14-16-28/h7-16,18-19,24H,5-6,17,20-21H2,1-4H3,(H,35,39). The molecule has 0 saturated carbocycles. The summed E-state index contributed by atoms with van der Waals surface area (Å²) < 4.78 is 69.1. The lowest BCUT2D eigenvalue weighted by molar-refractivity contribution is -0.139. The zero-order valence-electron chi connectivity index (χ0n) is 24.1. The highest BCUT2D eigenvalue weighted by Gasteiger charge is 2.35. The first-order chi connectivity index (χ1) is 19.7. The number of rotatable bonds is 12. The number of halogens is 3. The Bertz CT molecular complexity index is 1490. The number of unbranched alkanes of at least 4 members (excludes halogenated alkanes) is 1. The van der Waals surface area contributed by atoms with E-state index in [9.17, 15) is 31.2 Å². The van der Waals surface area contributed by atoms with Crippen LogP contribution in [-0.2, 0) is 32.3 Å². The van der Waals surface area contributed by atoms with Gasteiger partial charge in [0.15, 0.2) is 0 Å². The molecule has 11 heteroatoms. The van der Waals surface area contributed by atoms with Gasteiger partial charge in [-0.2, -0.15) is 13.2 Å². The Balaban J connectivity index is 2.07. The first-order valence-electron chi connectivity index (χ1n) is 13.6. The van der Waals surface area contributed by atoms with Crippen LogP contribution in [0.5, 0.6) is 0 Å². The second-order valence-corrected chi connectivity index (χ2v) is 12.1. The van der Waals surface area contributed by atoms with Crippen molar-refractivity contribution in [2.24, 2.45) is 0 Å². The van der Waals surface area contributed by atoms with Gasteiger partial charge in [-0.15, -0.1) is 0 Å². The molecule has 0 bridgehead atoms. The number of nitrogens with zero attached hydrogens (tertiary/aromatic N) is 2. The lowest BCUT2D eigenvalue weighted by Crippen LogP contribution is -2.51. The Hall–Kier alpha value is -3.86. The van der Waals surface area contributed by atoms with Crippen LogP contribution >= 0.6 is 0 Å². The van der Waals surface area contributed by atoms with Gasteiger partial charge in [0, 0.05) is 13.1 Å². The van der Waals surface area contributed by atoms with Crippen LogP contribution in [0.2, 0.25) is 0 Å². The molecule has 3 rings (SSSR count). The zero-order chi connectivity index (χ0) is 31.1. The van der Waals surface area contributed by atoms with Crippen LogP contribution in [0, 0.1) is 13.8 Å². The molecule has 0 fully saturated rings. The van der Waals surface area contributed by atoms with E-state index in [1.165, 1.54) is 30.0 Å². The summed E-state index contributed by atoms with van der Waals surface area (Å²) in [7, 11) is -4.49. The molecule has 2 amide bonds. The van der Waals surface area contributed by atoms with Crippen LogP contribution in [0.1, 0.15) is 48.9 Å². The summed E-state index contributed by atoms with van der Waals surface area (Å²) in [5, 5.41) is 2.80.